The molecule has 66 heavy (non-hydrogen) atoms. The summed E-state index contributed by atoms with van der Waals surface area (Å²) >= 11 is 0. The number of nitrogens with one attached hydrogen (secondary N) is 2. The molecule has 6 heterocycles. The van der Waals surface area contributed by atoms with Gasteiger partial charge in [0.05, 0.1) is 47.9 Å². The molecule has 4 aliphatic rings. The molecule has 0 radical (unpaired) electrons. The van der Waals surface area contributed by atoms with Gasteiger partial charge in [-0.3, -0.25) is 28.5 Å². The van der Waals surface area contributed by atoms with Gasteiger partial charge in [-0.25, -0.2) is 9.36 Å². The maximum atomic E-state index is 13.1. The second-order valence-electron chi connectivity index (χ2n) is 21.0. The number of aromatic nitrogens is 6. The molecule has 18 nitrogen and oxygen atoms in total. The fourth-order valence-corrected chi connectivity index (χ4v) is 9.50. The predicted molar refractivity (Wildman–Crippen MR) is 247 cm³/mol. The smallest absolute Gasteiger partial charge is 0.291 e. The molecule has 0 unspecified atom stereocenters. The zero-order valence-corrected chi connectivity index (χ0v) is 41.5. The average Bonchev–Trinajstić information content (AvgIpc) is 3.93. The van der Waals surface area contributed by atoms with Crippen LogP contribution in [0.4, 0.5) is 11.4 Å². The predicted octanol–water partition coefficient (Wildman–Crippen LogP) is 8.10. The van der Waals surface area contributed by atoms with Crippen LogP contribution >= 0.6 is 0 Å². The minimum absolute atomic E-state index is 0.0140. The van der Waals surface area contributed by atoms with Gasteiger partial charge < -0.3 is 38.6 Å². The lowest BCUT2D eigenvalue weighted by molar-refractivity contribution is -0.150. The van der Waals surface area contributed by atoms with Crippen LogP contribution in [-0.2, 0) is 33.0 Å². The van der Waals surface area contributed by atoms with E-state index in [1.807, 2.05) is 37.3 Å². The normalized spacial score (nSPS) is 24.0. The van der Waals surface area contributed by atoms with Gasteiger partial charge in [-0.05, 0) is 77.0 Å². The third-order valence-corrected chi connectivity index (χ3v) is 14.6. The van der Waals surface area contributed by atoms with E-state index < -0.39 is 11.8 Å². The molecule has 6 atom stereocenters. The van der Waals surface area contributed by atoms with Gasteiger partial charge in [0, 0.05) is 65.1 Å². The Hall–Kier alpha value is -4.78. The highest BCUT2D eigenvalue weighted by atomic mass is 16.5. The van der Waals surface area contributed by atoms with Gasteiger partial charge in [-0.15, -0.1) is 0 Å². The first-order valence-corrected chi connectivity index (χ1v) is 23.5. The first-order chi connectivity index (χ1) is 31.0. The molecule has 2 amide bonds. The Morgan fingerprint density at radius 3 is 1.24 bits per heavy atom. The van der Waals surface area contributed by atoms with E-state index in [1.165, 1.54) is 0 Å². The number of methoxy groups -OCH3 is 2. The molecule has 2 saturated heterocycles. The number of anilines is 2. The summed E-state index contributed by atoms with van der Waals surface area (Å²) in [5.41, 5.74) is 3.10. The van der Waals surface area contributed by atoms with Crippen LogP contribution in [0, 0.1) is 38.5 Å². The van der Waals surface area contributed by atoms with Crippen LogP contribution in [0.3, 0.4) is 0 Å². The Morgan fingerprint density at radius 2 is 0.955 bits per heavy atom. The fourth-order valence-electron chi connectivity index (χ4n) is 9.50. The standard InChI is InChI=1S/2C24H36N4O5/c2*1-13-19(22(29)25-20-14(2)27(6)28(23(20)30)15-9-8-10-15)26-33-21(13)17-11-16(31-7)12-18(32-17)24(3,4)5/h2*15-18H,8-12H2,1-7H3,(H,25,29)/t2*16-,17+,18-/m10/s1. The molecule has 18 heteroatoms. The zero-order chi connectivity index (χ0) is 48.2. The molecule has 2 saturated carbocycles. The van der Waals surface area contributed by atoms with Crippen LogP contribution in [-0.4, -0.2) is 79.5 Å². The summed E-state index contributed by atoms with van der Waals surface area (Å²) in [6, 6.07) is 0.389. The van der Waals surface area contributed by atoms with Crippen LogP contribution in [0.15, 0.2) is 18.6 Å². The SMILES string of the molecule is CO[C@@H]1C[C@@H](C(C)(C)C)O[C@@H](c2onc(C(=O)Nc3c(C)n(C)n(C4CCC4)c3=O)c2C)C1.CO[C@@H]1C[C@@H](c2onc(C(=O)Nc3c(C)n(C)n(C4CCC4)c3=O)c2C)O[C@@H](C(C)(C)C)C1. The molecule has 2 aliphatic carbocycles. The lowest BCUT2D eigenvalue weighted by atomic mass is 9.82. The maximum absolute atomic E-state index is 13.1. The van der Waals surface area contributed by atoms with E-state index in [1.54, 1.807) is 37.4 Å². The molecule has 0 aromatic carbocycles. The van der Waals surface area contributed by atoms with Crippen molar-refractivity contribution in [3.05, 3.63) is 66.1 Å². The van der Waals surface area contributed by atoms with E-state index in [2.05, 4.69) is 62.5 Å². The molecule has 4 aromatic rings. The van der Waals surface area contributed by atoms with Gasteiger partial charge in [-0.1, -0.05) is 51.9 Å². The summed E-state index contributed by atoms with van der Waals surface area (Å²) in [6.07, 6.45) is 8.37. The van der Waals surface area contributed by atoms with Gasteiger partial charge in [0.25, 0.3) is 22.9 Å². The van der Waals surface area contributed by atoms with Crippen LogP contribution in [0.25, 0.3) is 0 Å². The van der Waals surface area contributed by atoms with Gasteiger partial charge >= 0.3 is 0 Å². The zero-order valence-electron chi connectivity index (χ0n) is 41.5. The Labute approximate surface area is 386 Å². The van der Waals surface area contributed by atoms with Gasteiger partial charge in [-0.2, -0.15) is 0 Å². The Balaban J connectivity index is 0.000000196. The summed E-state index contributed by atoms with van der Waals surface area (Å²) in [5.74, 6) is 0.154. The third-order valence-electron chi connectivity index (χ3n) is 14.6. The van der Waals surface area contributed by atoms with Crippen molar-refractivity contribution in [1.82, 2.24) is 29.0 Å². The van der Waals surface area contributed by atoms with Crippen LogP contribution in [0.1, 0.15) is 185 Å². The van der Waals surface area contributed by atoms with Crippen molar-refractivity contribution in [1.29, 1.82) is 0 Å². The summed E-state index contributed by atoms with van der Waals surface area (Å²) in [7, 11) is 7.11. The van der Waals surface area contributed by atoms with Crippen molar-refractivity contribution in [2.75, 3.05) is 24.9 Å². The highest BCUT2D eigenvalue weighted by molar-refractivity contribution is 6.04. The summed E-state index contributed by atoms with van der Waals surface area (Å²) in [4.78, 5) is 52.2. The lowest BCUT2D eigenvalue weighted by Gasteiger charge is -2.40. The van der Waals surface area contributed by atoms with E-state index in [0.717, 1.165) is 51.4 Å². The quantitative estimate of drug-likeness (QED) is 0.155. The minimum Gasteiger partial charge on any atom is -0.381 e. The van der Waals surface area contributed by atoms with Crippen molar-refractivity contribution in [2.24, 2.45) is 24.9 Å². The van der Waals surface area contributed by atoms with Crippen LogP contribution in [0.5, 0.6) is 0 Å². The summed E-state index contributed by atoms with van der Waals surface area (Å²) < 4.78 is 42.4. The molecule has 364 valence electrons. The number of amides is 2. The molecule has 4 fully saturated rings. The van der Waals surface area contributed by atoms with Gasteiger partial charge in [0.15, 0.2) is 22.9 Å². The number of hydrogen-bond acceptors (Lipinski definition) is 12. The van der Waals surface area contributed by atoms with Crippen molar-refractivity contribution in [3.63, 3.8) is 0 Å². The van der Waals surface area contributed by atoms with Crippen molar-refractivity contribution in [3.8, 4) is 0 Å². The number of hydrogen-bond donors (Lipinski definition) is 2. The molecular formula is C48H72N8O10. The molecule has 8 rings (SSSR count). The monoisotopic (exact) mass is 921 g/mol. The highest BCUT2D eigenvalue weighted by Crippen LogP contribution is 2.42. The Kier molecular flexibility index (Phi) is 14.2. The largest absolute Gasteiger partial charge is 0.381 e. The minimum atomic E-state index is -0.458. The van der Waals surface area contributed by atoms with E-state index in [0.29, 0.717) is 58.3 Å². The maximum Gasteiger partial charge on any atom is 0.291 e. The topological polar surface area (TPSA) is 201 Å². The molecule has 0 spiro atoms. The number of carbonyl (C=O) groups is 2. The molecule has 4 aromatic heterocycles. The first kappa shape index (κ1) is 49.1. The fraction of sp³-hybridized carbons (Fsp3) is 0.708. The average molecular weight is 921 g/mol. The number of ether oxygens (including phenoxy) is 4. The van der Waals surface area contributed by atoms with E-state index >= 15 is 0 Å². The van der Waals surface area contributed by atoms with Crippen molar-refractivity contribution < 1.29 is 37.6 Å². The van der Waals surface area contributed by atoms with Gasteiger partial charge in [0.2, 0.25) is 0 Å². The lowest BCUT2D eigenvalue weighted by Crippen LogP contribution is -2.40. The van der Waals surface area contributed by atoms with Crippen LogP contribution < -0.4 is 21.8 Å². The summed E-state index contributed by atoms with van der Waals surface area (Å²) in [6.45, 7) is 20.1. The molecule has 2 aliphatic heterocycles. The number of carbonyl (C=O) groups excluding carboxylic acids is 2. The number of rotatable bonds is 10. The highest BCUT2D eigenvalue weighted by Gasteiger charge is 2.42. The number of nitrogens with zero attached hydrogens (tertiary/aromatic N) is 6. The third kappa shape index (κ3) is 9.52. The first-order valence-electron chi connectivity index (χ1n) is 23.5. The Morgan fingerprint density at radius 1 is 0.606 bits per heavy atom. The van der Waals surface area contributed by atoms with E-state index in [-0.39, 0.29) is 82.0 Å². The van der Waals surface area contributed by atoms with Crippen LogP contribution in [0.2, 0.25) is 0 Å². The van der Waals surface area contributed by atoms with E-state index in [4.69, 9.17) is 28.0 Å². The molecule has 2 N–H and O–H groups in total. The second kappa shape index (κ2) is 19.1. The second-order valence-corrected chi connectivity index (χ2v) is 21.0. The van der Waals surface area contributed by atoms with Gasteiger partial charge in [0.1, 0.15) is 23.6 Å². The van der Waals surface area contributed by atoms with E-state index in [9.17, 15) is 19.2 Å². The Bertz CT molecular complexity index is 2340. The van der Waals surface area contributed by atoms with Crippen molar-refractivity contribution in [2.45, 2.75) is 182 Å². The summed E-state index contributed by atoms with van der Waals surface area (Å²) in [5, 5.41) is 13.7. The molecule has 0 bridgehead atoms. The molecular weight excluding hydrogens is 849 g/mol. The van der Waals surface area contributed by atoms with Crippen molar-refractivity contribution >= 4 is 23.2 Å².